The molecule has 0 radical (unpaired) electrons. The second kappa shape index (κ2) is 6.84. The van der Waals surface area contributed by atoms with Crippen molar-refractivity contribution in [2.24, 2.45) is 11.1 Å². The maximum absolute atomic E-state index is 14.0. The van der Waals surface area contributed by atoms with Gasteiger partial charge in [-0.1, -0.05) is 26.7 Å². The molecule has 0 saturated carbocycles. The first-order valence-corrected chi connectivity index (χ1v) is 7.94. The lowest BCUT2D eigenvalue weighted by Crippen LogP contribution is -2.43. The number of hydrogen-bond acceptors (Lipinski definition) is 2. The van der Waals surface area contributed by atoms with Crippen LogP contribution in [-0.4, -0.2) is 24.5 Å². The first-order valence-electron chi connectivity index (χ1n) is 7.94. The molecule has 1 aliphatic rings. The van der Waals surface area contributed by atoms with E-state index in [4.69, 9.17) is 5.73 Å². The van der Waals surface area contributed by atoms with Gasteiger partial charge in [-0.25, -0.2) is 8.78 Å². The monoisotopic (exact) mass is 296 g/mol. The van der Waals surface area contributed by atoms with Crippen molar-refractivity contribution in [1.29, 1.82) is 0 Å². The van der Waals surface area contributed by atoms with Crippen LogP contribution in [0.25, 0.3) is 0 Å². The summed E-state index contributed by atoms with van der Waals surface area (Å²) in [6.07, 6.45) is 4.57. The molecule has 1 unspecified atom stereocenters. The van der Waals surface area contributed by atoms with Gasteiger partial charge in [0.15, 0.2) is 0 Å². The van der Waals surface area contributed by atoms with E-state index in [1.165, 1.54) is 25.0 Å². The predicted octanol–water partition coefficient (Wildman–Crippen LogP) is 3.87. The van der Waals surface area contributed by atoms with E-state index < -0.39 is 5.82 Å². The number of benzene rings is 1. The lowest BCUT2D eigenvalue weighted by atomic mass is 9.74. The van der Waals surface area contributed by atoms with Crippen LogP contribution in [0.15, 0.2) is 18.2 Å². The molecule has 0 spiro atoms. The van der Waals surface area contributed by atoms with E-state index in [1.807, 2.05) is 0 Å². The van der Waals surface area contributed by atoms with E-state index in [0.29, 0.717) is 17.5 Å². The van der Waals surface area contributed by atoms with Crippen molar-refractivity contribution in [1.82, 2.24) is 4.90 Å². The smallest absolute Gasteiger partial charge is 0.128 e. The Morgan fingerprint density at radius 1 is 1.19 bits per heavy atom. The summed E-state index contributed by atoms with van der Waals surface area (Å²) < 4.78 is 27.4. The van der Waals surface area contributed by atoms with Gasteiger partial charge in [0, 0.05) is 18.2 Å². The highest BCUT2D eigenvalue weighted by molar-refractivity contribution is 5.23. The van der Waals surface area contributed by atoms with Crippen LogP contribution in [-0.2, 0) is 0 Å². The van der Waals surface area contributed by atoms with E-state index in [2.05, 4.69) is 18.7 Å². The number of nitrogens with zero attached hydrogens (tertiary/aromatic N) is 1. The molecule has 0 bridgehead atoms. The number of likely N-dealkylation sites (tertiary alicyclic amines) is 1. The van der Waals surface area contributed by atoms with Crippen molar-refractivity contribution in [2.45, 2.75) is 45.6 Å². The standard InChI is InChI=1S/C17H26F2N2/c1-3-17(4-2)7-9-21(10-8-17)16(12-20)14-11-13(18)5-6-15(14)19/h5-6,11,16H,3-4,7-10,12,20H2,1-2H3. The average molecular weight is 296 g/mol. The second-order valence-electron chi connectivity index (χ2n) is 6.16. The van der Waals surface area contributed by atoms with Crippen molar-refractivity contribution >= 4 is 0 Å². The van der Waals surface area contributed by atoms with Crippen molar-refractivity contribution in [3.05, 3.63) is 35.4 Å². The number of rotatable bonds is 5. The van der Waals surface area contributed by atoms with E-state index in [-0.39, 0.29) is 11.9 Å². The summed E-state index contributed by atoms with van der Waals surface area (Å²) in [4.78, 5) is 2.21. The predicted molar refractivity (Wildman–Crippen MR) is 82.0 cm³/mol. The highest BCUT2D eigenvalue weighted by Crippen LogP contribution is 2.40. The summed E-state index contributed by atoms with van der Waals surface area (Å²) in [6, 6.07) is 3.41. The molecule has 118 valence electrons. The van der Waals surface area contributed by atoms with Gasteiger partial charge in [0.1, 0.15) is 11.6 Å². The summed E-state index contributed by atoms with van der Waals surface area (Å²) in [5, 5.41) is 0. The lowest BCUT2D eigenvalue weighted by Gasteiger charge is -2.44. The number of hydrogen-bond donors (Lipinski definition) is 1. The third kappa shape index (κ3) is 3.43. The minimum absolute atomic E-state index is 0.229. The molecule has 1 aliphatic heterocycles. The van der Waals surface area contributed by atoms with Crippen LogP contribution in [0.3, 0.4) is 0 Å². The maximum Gasteiger partial charge on any atom is 0.128 e. The van der Waals surface area contributed by atoms with E-state index in [9.17, 15) is 8.78 Å². The SMILES string of the molecule is CCC1(CC)CCN(C(CN)c2cc(F)ccc2F)CC1. The topological polar surface area (TPSA) is 29.3 Å². The quantitative estimate of drug-likeness (QED) is 0.894. The van der Waals surface area contributed by atoms with Gasteiger partial charge in [0.05, 0.1) is 0 Å². The van der Waals surface area contributed by atoms with Crippen LogP contribution in [0.2, 0.25) is 0 Å². The zero-order chi connectivity index (χ0) is 15.5. The van der Waals surface area contributed by atoms with Crippen LogP contribution in [0, 0.1) is 17.0 Å². The fourth-order valence-electron chi connectivity index (χ4n) is 3.51. The molecule has 1 atom stereocenters. The molecule has 0 amide bonds. The molecule has 1 aromatic carbocycles. The third-order valence-electron chi connectivity index (χ3n) is 5.34. The van der Waals surface area contributed by atoms with Gasteiger partial charge in [0.2, 0.25) is 0 Å². The Labute approximate surface area is 126 Å². The zero-order valence-electron chi connectivity index (χ0n) is 13.0. The normalized spacial score (nSPS) is 20.4. The highest BCUT2D eigenvalue weighted by Gasteiger charge is 2.34. The highest BCUT2D eigenvalue weighted by atomic mass is 19.1. The summed E-state index contributed by atoms with van der Waals surface area (Å²) in [7, 11) is 0. The molecule has 1 aromatic rings. The van der Waals surface area contributed by atoms with Gasteiger partial charge >= 0.3 is 0 Å². The largest absolute Gasteiger partial charge is 0.329 e. The van der Waals surface area contributed by atoms with Crippen molar-refractivity contribution < 1.29 is 8.78 Å². The number of halogens is 2. The molecule has 21 heavy (non-hydrogen) atoms. The Bertz CT molecular complexity index is 462. The first kappa shape index (κ1) is 16.4. The summed E-state index contributed by atoms with van der Waals surface area (Å²) in [5.41, 5.74) is 6.66. The summed E-state index contributed by atoms with van der Waals surface area (Å²) in [6.45, 7) is 6.60. The van der Waals surface area contributed by atoms with Gasteiger partial charge in [0.25, 0.3) is 0 Å². The number of piperidine rings is 1. The van der Waals surface area contributed by atoms with E-state index in [1.54, 1.807) is 0 Å². The molecule has 1 saturated heterocycles. The Morgan fingerprint density at radius 2 is 1.81 bits per heavy atom. The first-order chi connectivity index (χ1) is 10.0. The van der Waals surface area contributed by atoms with Crippen molar-refractivity contribution in [3.8, 4) is 0 Å². The third-order valence-corrected chi connectivity index (χ3v) is 5.34. The Balaban J connectivity index is 2.15. The molecule has 2 nitrogen and oxygen atoms in total. The molecule has 1 fully saturated rings. The van der Waals surface area contributed by atoms with Gasteiger partial charge in [-0.15, -0.1) is 0 Å². The van der Waals surface area contributed by atoms with Gasteiger partial charge in [-0.3, -0.25) is 4.90 Å². The fourth-order valence-corrected chi connectivity index (χ4v) is 3.51. The fraction of sp³-hybridized carbons (Fsp3) is 0.647. The zero-order valence-corrected chi connectivity index (χ0v) is 13.0. The van der Waals surface area contributed by atoms with Crippen LogP contribution in [0.4, 0.5) is 8.78 Å². The Hall–Kier alpha value is -1.00. The molecular formula is C17H26F2N2. The molecule has 2 rings (SSSR count). The van der Waals surface area contributed by atoms with Crippen LogP contribution in [0.5, 0.6) is 0 Å². The summed E-state index contributed by atoms with van der Waals surface area (Å²) in [5.74, 6) is -0.770. The average Bonchev–Trinajstić information content (AvgIpc) is 2.52. The van der Waals surface area contributed by atoms with Crippen molar-refractivity contribution in [3.63, 3.8) is 0 Å². The van der Waals surface area contributed by atoms with Crippen molar-refractivity contribution in [2.75, 3.05) is 19.6 Å². The molecule has 4 heteroatoms. The van der Waals surface area contributed by atoms with Gasteiger partial charge in [-0.2, -0.15) is 0 Å². The van der Waals surface area contributed by atoms with Gasteiger partial charge in [-0.05, 0) is 49.5 Å². The lowest BCUT2D eigenvalue weighted by molar-refractivity contribution is 0.0668. The molecular weight excluding hydrogens is 270 g/mol. The Morgan fingerprint density at radius 3 is 2.33 bits per heavy atom. The van der Waals surface area contributed by atoms with E-state index in [0.717, 1.165) is 32.0 Å². The summed E-state index contributed by atoms with van der Waals surface area (Å²) >= 11 is 0. The molecule has 0 aliphatic carbocycles. The minimum atomic E-state index is -0.404. The van der Waals surface area contributed by atoms with Crippen LogP contribution >= 0.6 is 0 Å². The van der Waals surface area contributed by atoms with E-state index >= 15 is 0 Å². The number of nitrogens with two attached hydrogens (primary N) is 1. The Kier molecular flexibility index (Phi) is 5.33. The molecule has 0 aromatic heterocycles. The van der Waals surface area contributed by atoms with Crippen LogP contribution < -0.4 is 5.73 Å². The molecule has 1 heterocycles. The maximum atomic E-state index is 14.0. The molecule has 2 N–H and O–H groups in total. The second-order valence-corrected chi connectivity index (χ2v) is 6.16. The van der Waals surface area contributed by atoms with Gasteiger partial charge < -0.3 is 5.73 Å². The van der Waals surface area contributed by atoms with Crippen LogP contribution in [0.1, 0.15) is 51.1 Å². The minimum Gasteiger partial charge on any atom is -0.329 e.